The first-order valence-electron chi connectivity index (χ1n) is 9.97. The zero-order valence-electron chi connectivity index (χ0n) is 17.8. The molecule has 0 aliphatic carbocycles. The van der Waals surface area contributed by atoms with Crippen molar-refractivity contribution in [2.75, 3.05) is 32.0 Å². The molecule has 1 atom stereocenters. The number of rotatable bonds is 7. The van der Waals surface area contributed by atoms with E-state index in [1.165, 1.54) is 25.3 Å². The van der Waals surface area contributed by atoms with Gasteiger partial charge in [-0.2, -0.15) is 0 Å². The second-order valence-electron chi connectivity index (χ2n) is 7.63. The van der Waals surface area contributed by atoms with Crippen LogP contribution in [0.4, 0.5) is 10.1 Å². The van der Waals surface area contributed by atoms with Crippen LogP contribution in [0, 0.1) is 5.82 Å². The molecule has 6 nitrogen and oxygen atoms in total. The lowest BCUT2D eigenvalue weighted by molar-refractivity contribution is 0.208. The van der Waals surface area contributed by atoms with Crippen molar-refractivity contribution in [3.63, 3.8) is 0 Å². The van der Waals surface area contributed by atoms with E-state index in [1.54, 1.807) is 24.3 Å². The minimum atomic E-state index is -3.95. The average molecular weight is 531 g/mol. The molecule has 0 amide bonds. The number of hydrogen-bond acceptors (Lipinski definition) is 6. The summed E-state index contributed by atoms with van der Waals surface area (Å²) >= 11 is 13.5. The summed E-state index contributed by atoms with van der Waals surface area (Å²) in [5.74, 6) is -0.0640. The van der Waals surface area contributed by atoms with Gasteiger partial charge in [-0.05, 0) is 55.4 Å². The summed E-state index contributed by atoms with van der Waals surface area (Å²) in [6.45, 7) is 1.70. The van der Waals surface area contributed by atoms with Crippen LogP contribution in [0.3, 0.4) is 0 Å². The van der Waals surface area contributed by atoms with Gasteiger partial charge in [-0.1, -0.05) is 23.2 Å². The number of hydrogen-bond donors (Lipinski definition) is 1. The van der Waals surface area contributed by atoms with Crippen molar-refractivity contribution in [2.45, 2.75) is 16.7 Å². The van der Waals surface area contributed by atoms with Crippen molar-refractivity contribution in [1.29, 1.82) is 0 Å². The van der Waals surface area contributed by atoms with Gasteiger partial charge in [0.05, 0.1) is 27.7 Å². The maximum Gasteiger partial charge on any atom is 0.271 e. The second kappa shape index (κ2) is 9.68. The van der Waals surface area contributed by atoms with E-state index in [0.717, 1.165) is 30.8 Å². The first kappa shape index (κ1) is 24.1. The van der Waals surface area contributed by atoms with Crippen molar-refractivity contribution in [3.8, 4) is 21.9 Å². The maximum atomic E-state index is 14.1. The van der Waals surface area contributed by atoms with Gasteiger partial charge in [0, 0.05) is 19.2 Å². The number of likely N-dealkylation sites (tertiary alicyclic amines) is 1. The van der Waals surface area contributed by atoms with Gasteiger partial charge in [0.2, 0.25) is 0 Å². The molecule has 1 fully saturated rings. The molecule has 1 saturated heterocycles. The minimum absolute atomic E-state index is 0.00596. The van der Waals surface area contributed by atoms with Crippen molar-refractivity contribution >= 4 is 50.2 Å². The van der Waals surface area contributed by atoms with Crippen LogP contribution in [0.2, 0.25) is 10.0 Å². The summed E-state index contributed by atoms with van der Waals surface area (Å²) in [4.78, 5) is 2.59. The Hall–Kier alpha value is -2.04. The van der Waals surface area contributed by atoms with E-state index >= 15 is 0 Å². The molecule has 0 saturated carbocycles. The third kappa shape index (κ3) is 5.38. The Bertz CT molecular complexity index is 1280. The second-order valence-corrected chi connectivity index (χ2v) is 11.4. The lowest BCUT2D eigenvalue weighted by Crippen LogP contribution is -2.21. The molecule has 1 aliphatic heterocycles. The number of benzene rings is 2. The third-order valence-electron chi connectivity index (χ3n) is 5.17. The summed E-state index contributed by atoms with van der Waals surface area (Å²) < 4.78 is 53.6. The highest BCUT2D eigenvalue weighted by Gasteiger charge is 2.24. The molecular formula is C22H21Cl2FN2O4S2. The van der Waals surface area contributed by atoms with Crippen LogP contribution in [0.15, 0.2) is 46.7 Å². The van der Waals surface area contributed by atoms with Crippen LogP contribution in [-0.4, -0.2) is 46.7 Å². The number of likely N-dealkylation sites (N-methyl/N-ethyl adjacent to an activating group) is 1. The topological polar surface area (TPSA) is 67.9 Å². The van der Waals surface area contributed by atoms with E-state index in [9.17, 15) is 12.8 Å². The van der Waals surface area contributed by atoms with Crippen molar-refractivity contribution in [2.24, 2.45) is 0 Å². The molecule has 1 unspecified atom stereocenters. The predicted octanol–water partition coefficient (Wildman–Crippen LogP) is 5.75. The normalized spacial score (nSPS) is 16.7. The fourth-order valence-electron chi connectivity index (χ4n) is 3.52. The third-order valence-corrected chi connectivity index (χ3v) is 8.93. The molecule has 2 heterocycles. The fraction of sp³-hybridized carbons (Fsp3) is 0.273. The summed E-state index contributed by atoms with van der Waals surface area (Å²) in [7, 11) is -0.576. The average Bonchev–Trinajstić information content (AvgIpc) is 3.36. The number of sulfonamides is 1. The largest absolute Gasteiger partial charge is 0.494 e. The SMILES string of the molecule is COc1ccc(-c2sc(S(=O)(=O)Nc3ccc(Cl)c(OC4CCN(C)C4)c3)cc2Cl)cc1F. The van der Waals surface area contributed by atoms with E-state index in [-0.39, 0.29) is 21.1 Å². The Kier molecular flexibility index (Phi) is 7.07. The van der Waals surface area contributed by atoms with E-state index in [1.807, 2.05) is 7.05 Å². The van der Waals surface area contributed by atoms with Gasteiger partial charge in [0.25, 0.3) is 10.0 Å². The molecule has 4 rings (SSSR count). The highest BCUT2D eigenvalue weighted by Crippen LogP contribution is 2.40. The zero-order chi connectivity index (χ0) is 23.8. The highest BCUT2D eigenvalue weighted by atomic mass is 35.5. The number of thiophene rings is 1. The van der Waals surface area contributed by atoms with Crippen molar-refractivity contribution < 1.29 is 22.3 Å². The summed E-state index contributed by atoms with van der Waals surface area (Å²) in [6, 6.07) is 10.4. The Morgan fingerprint density at radius 1 is 1.12 bits per heavy atom. The molecular weight excluding hydrogens is 510 g/mol. The number of halogens is 3. The van der Waals surface area contributed by atoms with Gasteiger partial charge in [-0.25, -0.2) is 12.8 Å². The molecule has 11 heteroatoms. The van der Waals surface area contributed by atoms with Crippen LogP contribution >= 0.6 is 34.5 Å². The van der Waals surface area contributed by atoms with Crippen molar-refractivity contribution in [1.82, 2.24) is 4.90 Å². The van der Waals surface area contributed by atoms with E-state index in [4.69, 9.17) is 32.7 Å². The van der Waals surface area contributed by atoms with Gasteiger partial charge in [0.1, 0.15) is 16.1 Å². The van der Waals surface area contributed by atoms with Gasteiger partial charge in [-0.3, -0.25) is 4.72 Å². The molecule has 176 valence electrons. The Balaban J connectivity index is 1.56. The molecule has 1 aromatic heterocycles. The molecule has 3 aromatic rings. The van der Waals surface area contributed by atoms with Crippen LogP contribution in [0.5, 0.6) is 11.5 Å². The van der Waals surface area contributed by atoms with Crippen LogP contribution < -0.4 is 14.2 Å². The molecule has 1 N–H and O–H groups in total. The first-order chi connectivity index (χ1) is 15.7. The van der Waals surface area contributed by atoms with Gasteiger partial charge in [-0.15, -0.1) is 11.3 Å². The standard InChI is InChI=1S/C22H21Cl2FN2O4S2/c1-27-8-7-15(12-27)31-20-10-14(4-5-16(20)23)26-33(28,29)21-11-17(24)22(32-21)13-3-6-19(30-2)18(25)9-13/h3-6,9-11,15,26H,7-8,12H2,1-2H3. The smallest absolute Gasteiger partial charge is 0.271 e. The zero-order valence-corrected chi connectivity index (χ0v) is 20.9. The first-order valence-corrected chi connectivity index (χ1v) is 13.0. The minimum Gasteiger partial charge on any atom is -0.494 e. The van der Waals surface area contributed by atoms with E-state index in [2.05, 4.69) is 9.62 Å². The quantitative estimate of drug-likeness (QED) is 0.421. The van der Waals surface area contributed by atoms with Gasteiger partial charge < -0.3 is 14.4 Å². The number of nitrogens with one attached hydrogen (secondary N) is 1. The van der Waals surface area contributed by atoms with Crippen LogP contribution in [0.25, 0.3) is 10.4 Å². The summed E-state index contributed by atoms with van der Waals surface area (Å²) in [5.41, 5.74) is 0.760. The summed E-state index contributed by atoms with van der Waals surface area (Å²) in [6.07, 6.45) is 0.855. The monoisotopic (exact) mass is 530 g/mol. The van der Waals surface area contributed by atoms with Gasteiger partial charge in [0.15, 0.2) is 11.6 Å². The number of ether oxygens (including phenoxy) is 2. The van der Waals surface area contributed by atoms with Crippen LogP contribution in [0.1, 0.15) is 6.42 Å². The lowest BCUT2D eigenvalue weighted by atomic mass is 10.2. The maximum absolute atomic E-state index is 14.1. The molecule has 2 aromatic carbocycles. The molecule has 1 aliphatic rings. The van der Waals surface area contributed by atoms with Crippen molar-refractivity contribution in [3.05, 3.63) is 58.3 Å². The number of methoxy groups -OCH3 is 1. The Morgan fingerprint density at radius 2 is 1.91 bits per heavy atom. The fourth-order valence-corrected chi connectivity index (χ4v) is 6.55. The molecule has 0 spiro atoms. The highest BCUT2D eigenvalue weighted by molar-refractivity contribution is 7.94. The summed E-state index contributed by atoms with van der Waals surface area (Å²) in [5, 5.41) is 0.603. The lowest BCUT2D eigenvalue weighted by Gasteiger charge is -2.16. The van der Waals surface area contributed by atoms with E-state index < -0.39 is 15.8 Å². The molecule has 33 heavy (non-hydrogen) atoms. The molecule has 0 bridgehead atoms. The predicted molar refractivity (Wildman–Crippen MR) is 130 cm³/mol. The Morgan fingerprint density at radius 3 is 2.58 bits per heavy atom. The van der Waals surface area contributed by atoms with Crippen LogP contribution in [-0.2, 0) is 10.0 Å². The Labute approximate surface area is 205 Å². The number of nitrogens with zero attached hydrogens (tertiary/aromatic N) is 1. The molecule has 0 radical (unpaired) electrons. The van der Waals surface area contributed by atoms with E-state index in [0.29, 0.717) is 26.9 Å². The number of anilines is 1. The van der Waals surface area contributed by atoms with Gasteiger partial charge >= 0.3 is 0 Å².